The summed E-state index contributed by atoms with van der Waals surface area (Å²) in [7, 11) is 0. The largest absolute Gasteiger partial charge is 0.289 e. The number of nitrogens with zero attached hydrogens (tertiary/aromatic N) is 4. The van der Waals surface area contributed by atoms with Crippen LogP contribution < -0.4 is 5.43 Å². The van der Waals surface area contributed by atoms with Crippen LogP contribution in [0.1, 0.15) is 34.2 Å². The van der Waals surface area contributed by atoms with Gasteiger partial charge in [0.1, 0.15) is 10.8 Å². The predicted octanol–water partition coefficient (Wildman–Crippen LogP) is 3.56. The molecular weight excluding hydrogens is 350 g/mol. The van der Waals surface area contributed by atoms with Gasteiger partial charge in [-0.1, -0.05) is 42.8 Å². The molecule has 0 spiro atoms. The molecule has 2 heterocycles. The van der Waals surface area contributed by atoms with E-state index >= 15 is 0 Å². The molecule has 0 fully saturated rings. The molecule has 0 radical (unpaired) electrons. The van der Waals surface area contributed by atoms with Crippen molar-refractivity contribution < 1.29 is 4.79 Å². The second-order valence-corrected chi connectivity index (χ2v) is 6.00. The van der Waals surface area contributed by atoms with Crippen LogP contribution in [0.15, 0.2) is 53.8 Å². The number of rotatable bonds is 5. The third-order valence-electron chi connectivity index (χ3n) is 3.87. The van der Waals surface area contributed by atoms with E-state index in [1.165, 1.54) is 6.21 Å². The minimum Gasteiger partial charge on any atom is -0.266 e. The van der Waals surface area contributed by atoms with E-state index in [0.29, 0.717) is 22.1 Å². The zero-order valence-corrected chi connectivity index (χ0v) is 15.2. The molecule has 1 amide bonds. The number of carbonyl (C=O) groups excluding carboxylic acids is 1. The quantitative estimate of drug-likeness (QED) is 0.553. The third kappa shape index (κ3) is 3.81. The van der Waals surface area contributed by atoms with Gasteiger partial charge in [-0.2, -0.15) is 10.2 Å². The summed E-state index contributed by atoms with van der Waals surface area (Å²) < 4.78 is 1.63. The van der Waals surface area contributed by atoms with Crippen molar-refractivity contribution in [2.45, 2.75) is 20.3 Å². The Morgan fingerprint density at radius 2 is 2.04 bits per heavy atom. The van der Waals surface area contributed by atoms with Crippen molar-refractivity contribution in [2.24, 2.45) is 5.10 Å². The number of pyridine rings is 1. The number of amides is 1. The Morgan fingerprint density at radius 1 is 1.27 bits per heavy atom. The third-order valence-corrected chi connectivity index (χ3v) is 4.24. The molecular formula is C19H18ClN5O. The predicted molar refractivity (Wildman–Crippen MR) is 102 cm³/mol. The molecule has 0 bridgehead atoms. The summed E-state index contributed by atoms with van der Waals surface area (Å²) in [6.45, 7) is 3.86. The monoisotopic (exact) mass is 367 g/mol. The van der Waals surface area contributed by atoms with Crippen LogP contribution in [0.2, 0.25) is 5.15 Å². The van der Waals surface area contributed by atoms with E-state index < -0.39 is 0 Å². The first-order valence-corrected chi connectivity index (χ1v) is 8.56. The summed E-state index contributed by atoms with van der Waals surface area (Å²) in [5.74, 6) is -0.381. The molecule has 0 aliphatic carbocycles. The first-order chi connectivity index (χ1) is 12.6. The summed E-state index contributed by atoms with van der Waals surface area (Å²) in [6.07, 6.45) is 4.04. The van der Waals surface area contributed by atoms with E-state index in [9.17, 15) is 4.79 Å². The van der Waals surface area contributed by atoms with Crippen LogP contribution in [-0.2, 0) is 6.42 Å². The Kier molecular flexibility index (Phi) is 5.43. The van der Waals surface area contributed by atoms with E-state index in [1.807, 2.05) is 50.2 Å². The standard InChI is InChI=1S/C19H18ClN5O/c1-3-14-9-10-17(21-11-14)19(26)23-22-12-16-13(2)24-25(18(16)20)15-7-5-4-6-8-15/h4-12H,3H2,1-2H3,(H,23,26)/b22-12+. The van der Waals surface area contributed by atoms with Crippen LogP contribution in [0.25, 0.3) is 5.69 Å². The van der Waals surface area contributed by atoms with Crippen molar-refractivity contribution in [2.75, 3.05) is 0 Å². The summed E-state index contributed by atoms with van der Waals surface area (Å²) in [5.41, 5.74) is 6.04. The maximum absolute atomic E-state index is 12.1. The van der Waals surface area contributed by atoms with Crippen LogP contribution in [0.4, 0.5) is 0 Å². The van der Waals surface area contributed by atoms with Gasteiger partial charge in [-0.05, 0) is 37.1 Å². The van der Waals surface area contributed by atoms with Crippen molar-refractivity contribution >= 4 is 23.7 Å². The van der Waals surface area contributed by atoms with Crippen LogP contribution >= 0.6 is 11.6 Å². The molecule has 3 rings (SSSR count). The Labute approximate surface area is 156 Å². The highest BCUT2D eigenvalue weighted by molar-refractivity contribution is 6.32. The summed E-state index contributed by atoms with van der Waals surface area (Å²) in [4.78, 5) is 16.2. The Bertz CT molecular complexity index is 933. The lowest BCUT2D eigenvalue weighted by Gasteiger charge is -2.02. The minimum atomic E-state index is -0.381. The number of hydrogen-bond acceptors (Lipinski definition) is 4. The van der Waals surface area contributed by atoms with Gasteiger partial charge in [-0.25, -0.2) is 10.1 Å². The van der Waals surface area contributed by atoms with Gasteiger partial charge in [0.25, 0.3) is 5.91 Å². The van der Waals surface area contributed by atoms with Crippen molar-refractivity contribution in [3.8, 4) is 5.69 Å². The van der Waals surface area contributed by atoms with E-state index in [2.05, 4.69) is 20.6 Å². The summed E-state index contributed by atoms with van der Waals surface area (Å²) in [5, 5.41) is 8.84. The number of benzene rings is 1. The number of aromatic nitrogens is 3. The molecule has 0 aliphatic heterocycles. The second kappa shape index (κ2) is 7.93. The lowest BCUT2D eigenvalue weighted by Crippen LogP contribution is -2.19. The van der Waals surface area contributed by atoms with Gasteiger partial charge in [0.15, 0.2) is 0 Å². The SMILES string of the molecule is CCc1ccc(C(=O)N/N=C/c2c(C)nn(-c3ccccc3)c2Cl)nc1. The maximum Gasteiger partial charge on any atom is 0.289 e. The Morgan fingerprint density at radius 3 is 2.69 bits per heavy atom. The molecule has 0 saturated heterocycles. The molecule has 132 valence electrons. The molecule has 3 aromatic rings. The first-order valence-electron chi connectivity index (χ1n) is 8.19. The van der Waals surface area contributed by atoms with Crippen LogP contribution in [0.3, 0.4) is 0 Å². The van der Waals surface area contributed by atoms with Gasteiger partial charge < -0.3 is 0 Å². The zero-order valence-electron chi connectivity index (χ0n) is 14.5. The zero-order chi connectivity index (χ0) is 18.5. The lowest BCUT2D eigenvalue weighted by molar-refractivity contribution is 0.0950. The molecule has 2 aromatic heterocycles. The van der Waals surface area contributed by atoms with Crippen LogP contribution in [-0.4, -0.2) is 26.9 Å². The molecule has 1 N–H and O–H groups in total. The fraction of sp³-hybridized carbons (Fsp3) is 0.158. The number of hydrazone groups is 1. The Hall–Kier alpha value is -2.99. The Balaban J connectivity index is 1.74. The number of para-hydroxylation sites is 1. The van der Waals surface area contributed by atoms with Crippen LogP contribution in [0, 0.1) is 6.92 Å². The topological polar surface area (TPSA) is 72.2 Å². The minimum absolute atomic E-state index is 0.308. The smallest absolute Gasteiger partial charge is 0.266 e. The molecule has 0 unspecified atom stereocenters. The van der Waals surface area contributed by atoms with E-state index in [0.717, 1.165) is 17.7 Å². The number of aryl methyl sites for hydroxylation is 2. The van der Waals surface area contributed by atoms with Gasteiger partial charge in [-0.15, -0.1) is 0 Å². The molecule has 7 heteroatoms. The average molecular weight is 368 g/mol. The molecule has 26 heavy (non-hydrogen) atoms. The normalized spacial score (nSPS) is 11.0. The maximum atomic E-state index is 12.1. The average Bonchev–Trinajstić information content (AvgIpc) is 2.97. The molecule has 1 aromatic carbocycles. The van der Waals surface area contributed by atoms with Crippen LogP contribution in [0.5, 0.6) is 0 Å². The molecule has 0 atom stereocenters. The van der Waals surface area contributed by atoms with Gasteiger partial charge in [-0.3, -0.25) is 9.78 Å². The van der Waals surface area contributed by atoms with Gasteiger partial charge in [0, 0.05) is 6.20 Å². The number of hydrogen-bond donors (Lipinski definition) is 1. The van der Waals surface area contributed by atoms with Crippen molar-refractivity contribution in [1.29, 1.82) is 0 Å². The van der Waals surface area contributed by atoms with Crippen molar-refractivity contribution in [3.05, 3.63) is 76.3 Å². The van der Waals surface area contributed by atoms with Crippen molar-refractivity contribution in [3.63, 3.8) is 0 Å². The molecule has 0 aliphatic rings. The van der Waals surface area contributed by atoms with Crippen molar-refractivity contribution in [1.82, 2.24) is 20.2 Å². The fourth-order valence-electron chi connectivity index (χ4n) is 2.38. The highest BCUT2D eigenvalue weighted by atomic mass is 35.5. The summed E-state index contributed by atoms with van der Waals surface area (Å²) in [6, 6.07) is 13.1. The van der Waals surface area contributed by atoms with E-state index in [1.54, 1.807) is 16.9 Å². The highest BCUT2D eigenvalue weighted by Gasteiger charge is 2.13. The van der Waals surface area contributed by atoms with E-state index in [4.69, 9.17) is 11.6 Å². The van der Waals surface area contributed by atoms with Gasteiger partial charge in [0.05, 0.1) is 23.2 Å². The number of carbonyl (C=O) groups is 1. The second-order valence-electron chi connectivity index (χ2n) is 5.64. The van der Waals surface area contributed by atoms with Gasteiger partial charge in [0.2, 0.25) is 0 Å². The fourth-order valence-corrected chi connectivity index (χ4v) is 2.70. The molecule has 0 saturated carbocycles. The number of nitrogens with one attached hydrogen (secondary N) is 1. The van der Waals surface area contributed by atoms with E-state index in [-0.39, 0.29) is 5.91 Å². The number of halogens is 1. The highest BCUT2D eigenvalue weighted by Crippen LogP contribution is 2.21. The summed E-state index contributed by atoms with van der Waals surface area (Å²) >= 11 is 6.41. The first kappa shape index (κ1) is 17.8. The molecule has 6 nitrogen and oxygen atoms in total. The van der Waals surface area contributed by atoms with Gasteiger partial charge >= 0.3 is 0 Å². The lowest BCUT2D eigenvalue weighted by atomic mass is 10.2.